The minimum Gasteiger partial charge on any atom is -0.510 e. The smallest absolute Gasteiger partial charge is 0.499 e. The fourth-order valence-corrected chi connectivity index (χ4v) is 4.12. The number of carbonyl (C=O) groups excluding carboxylic acids is 1. The summed E-state index contributed by atoms with van der Waals surface area (Å²) >= 11 is 0. The molecule has 4 nitrogen and oxygen atoms in total. The van der Waals surface area contributed by atoms with Crippen molar-refractivity contribution < 1.29 is 18.4 Å². The highest BCUT2D eigenvalue weighted by atomic mass is 28.4. The van der Waals surface area contributed by atoms with Gasteiger partial charge in [-0.2, -0.15) is 0 Å². The van der Waals surface area contributed by atoms with Crippen molar-refractivity contribution in [1.82, 2.24) is 0 Å². The first-order valence-electron chi connectivity index (χ1n) is 7.45. The highest BCUT2D eigenvalue weighted by Crippen LogP contribution is 2.23. The Balaban J connectivity index is 2.23. The molecule has 0 saturated carbocycles. The van der Waals surface area contributed by atoms with Crippen molar-refractivity contribution in [3.05, 3.63) is 73.3 Å². The first-order valence-corrected chi connectivity index (χ1v) is 9.68. The molecule has 2 rings (SSSR count). The van der Waals surface area contributed by atoms with Gasteiger partial charge in [-0.05, 0) is 24.3 Å². The van der Waals surface area contributed by atoms with Gasteiger partial charge in [0.05, 0.1) is 0 Å². The number of para-hydroxylation sites is 2. The van der Waals surface area contributed by atoms with Gasteiger partial charge >= 0.3 is 14.5 Å². The first-order chi connectivity index (χ1) is 11.2. The van der Waals surface area contributed by atoms with Crippen LogP contribution in [0.5, 0.6) is 11.5 Å². The average molecular weight is 328 g/mol. The van der Waals surface area contributed by atoms with Crippen LogP contribution in [-0.2, 0) is 9.53 Å². The van der Waals surface area contributed by atoms with Gasteiger partial charge in [-0.1, -0.05) is 49.9 Å². The molecular formula is C18H20O4Si. The molecule has 0 aromatic heterocycles. The van der Waals surface area contributed by atoms with Gasteiger partial charge < -0.3 is 13.6 Å². The molecule has 0 spiro atoms. The third-order valence-corrected chi connectivity index (χ3v) is 6.11. The van der Waals surface area contributed by atoms with Crippen LogP contribution in [0, 0.1) is 0 Å². The molecule has 0 N–H and O–H groups in total. The van der Waals surface area contributed by atoms with E-state index in [1.807, 2.05) is 67.6 Å². The summed E-state index contributed by atoms with van der Waals surface area (Å²) in [5.74, 6) is 0.918. The monoisotopic (exact) mass is 328 g/mol. The number of esters is 1. The van der Waals surface area contributed by atoms with E-state index in [0.717, 1.165) is 6.08 Å². The molecule has 0 heterocycles. The molecule has 120 valence electrons. The topological polar surface area (TPSA) is 44.8 Å². The summed E-state index contributed by atoms with van der Waals surface area (Å²) in [6.07, 6.45) is 1.23. The summed E-state index contributed by atoms with van der Waals surface area (Å²) in [5, 5.41) is 0. The number of hydrogen-bond donors (Lipinski definition) is 0. The number of ether oxygens (including phenoxy) is 1. The van der Waals surface area contributed by atoms with Crippen LogP contribution in [0.3, 0.4) is 0 Å². The lowest BCUT2D eigenvalue weighted by molar-refractivity contribution is -0.136. The second-order valence-electron chi connectivity index (χ2n) is 4.91. The molecule has 2 aromatic rings. The largest absolute Gasteiger partial charge is 0.510 e. The van der Waals surface area contributed by atoms with E-state index in [0.29, 0.717) is 17.5 Å². The van der Waals surface area contributed by atoms with Crippen LogP contribution < -0.4 is 8.85 Å². The normalized spacial score (nSPS) is 10.7. The van der Waals surface area contributed by atoms with E-state index in [9.17, 15) is 4.79 Å². The van der Waals surface area contributed by atoms with Gasteiger partial charge in [-0.3, -0.25) is 0 Å². The predicted octanol–water partition coefficient (Wildman–Crippen LogP) is 3.87. The third-order valence-electron chi connectivity index (χ3n) is 3.23. The molecular weight excluding hydrogens is 308 g/mol. The summed E-state index contributed by atoms with van der Waals surface area (Å²) in [6.45, 7) is 5.39. The van der Waals surface area contributed by atoms with Crippen LogP contribution in [-0.4, -0.2) is 20.8 Å². The van der Waals surface area contributed by atoms with Crippen molar-refractivity contribution in [3.63, 3.8) is 0 Å². The van der Waals surface area contributed by atoms with Crippen LogP contribution in [0.1, 0.15) is 6.92 Å². The molecule has 0 aliphatic carbocycles. The fraction of sp³-hybridized carbons (Fsp3) is 0.167. The van der Waals surface area contributed by atoms with Crippen LogP contribution in [0.25, 0.3) is 0 Å². The van der Waals surface area contributed by atoms with Crippen molar-refractivity contribution in [3.8, 4) is 11.5 Å². The Kier molecular flexibility index (Phi) is 5.99. The van der Waals surface area contributed by atoms with E-state index >= 15 is 0 Å². The second-order valence-corrected chi connectivity index (χ2v) is 8.13. The zero-order valence-electron chi connectivity index (χ0n) is 13.1. The molecule has 0 unspecified atom stereocenters. The molecule has 0 aliphatic heterocycles. The van der Waals surface area contributed by atoms with E-state index in [1.54, 1.807) is 0 Å². The Morgan fingerprint density at radius 2 is 1.48 bits per heavy atom. The van der Waals surface area contributed by atoms with Crippen LogP contribution >= 0.6 is 0 Å². The van der Waals surface area contributed by atoms with Gasteiger partial charge in [-0.15, -0.1) is 0 Å². The van der Waals surface area contributed by atoms with Gasteiger partial charge in [0, 0.05) is 12.1 Å². The summed E-state index contributed by atoms with van der Waals surface area (Å²) in [5.41, 5.74) is 0. The number of benzene rings is 2. The van der Waals surface area contributed by atoms with Crippen LogP contribution in [0.2, 0.25) is 6.04 Å². The molecule has 23 heavy (non-hydrogen) atoms. The predicted molar refractivity (Wildman–Crippen MR) is 91.5 cm³/mol. The lowest BCUT2D eigenvalue weighted by atomic mass is 10.3. The Bertz CT molecular complexity index is 586. The molecule has 0 fully saturated rings. The third kappa shape index (κ3) is 5.00. The quantitative estimate of drug-likeness (QED) is 0.419. The minimum atomic E-state index is -2.82. The van der Waals surface area contributed by atoms with E-state index in [1.165, 1.54) is 0 Å². The summed E-state index contributed by atoms with van der Waals surface area (Å²) in [4.78, 5) is 11.5. The standard InChI is InChI=1S/C18H20O4Si/c1-3-18(19)20-15-23(4-2,21-16-11-7-5-8-12-16)22-17-13-9-6-10-14-17/h3,5-14H,1,4,15H2,2H3. The molecule has 0 saturated heterocycles. The van der Waals surface area contributed by atoms with Crippen molar-refractivity contribution in [1.29, 1.82) is 0 Å². The average Bonchev–Trinajstić information content (AvgIpc) is 2.61. The van der Waals surface area contributed by atoms with Crippen molar-refractivity contribution in [2.24, 2.45) is 0 Å². The summed E-state index contributed by atoms with van der Waals surface area (Å²) < 4.78 is 17.6. The van der Waals surface area contributed by atoms with Gasteiger partial charge in [-0.25, -0.2) is 4.79 Å². The highest BCUT2D eigenvalue weighted by molar-refractivity contribution is 6.68. The Hall–Kier alpha value is -2.53. The van der Waals surface area contributed by atoms with Crippen LogP contribution in [0.4, 0.5) is 0 Å². The highest BCUT2D eigenvalue weighted by Gasteiger charge is 2.42. The lowest BCUT2D eigenvalue weighted by Crippen LogP contribution is -2.53. The van der Waals surface area contributed by atoms with E-state index in [-0.39, 0.29) is 6.23 Å². The zero-order chi connectivity index (χ0) is 16.5. The second kappa shape index (κ2) is 8.19. The summed E-state index contributed by atoms with van der Waals surface area (Å²) in [6, 6.07) is 19.5. The molecule has 0 atom stereocenters. The SMILES string of the molecule is C=CC(=O)OC[Si](CC)(Oc1ccccc1)Oc1ccccc1. The van der Waals surface area contributed by atoms with Gasteiger partial charge in [0.25, 0.3) is 0 Å². The lowest BCUT2D eigenvalue weighted by Gasteiger charge is -2.30. The Morgan fingerprint density at radius 1 is 1.00 bits per heavy atom. The minimum absolute atomic E-state index is 0.0954. The molecule has 0 amide bonds. The molecule has 0 aliphatic rings. The van der Waals surface area contributed by atoms with E-state index in [2.05, 4.69) is 6.58 Å². The first kappa shape index (κ1) is 16.8. The Morgan fingerprint density at radius 3 is 1.87 bits per heavy atom. The number of rotatable bonds is 8. The number of hydrogen-bond acceptors (Lipinski definition) is 4. The van der Waals surface area contributed by atoms with E-state index in [4.69, 9.17) is 13.6 Å². The summed E-state index contributed by atoms with van der Waals surface area (Å²) in [7, 11) is -2.82. The Labute approximate surface area is 137 Å². The van der Waals surface area contributed by atoms with Crippen LogP contribution in [0.15, 0.2) is 73.3 Å². The van der Waals surface area contributed by atoms with Gasteiger partial charge in [0.1, 0.15) is 11.5 Å². The maximum absolute atomic E-state index is 11.5. The van der Waals surface area contributed by atoms with Crippen molar-refractivity contribution in [2.45, 2.75) is 13.0 Å². The van der Waals surface area contributed by atoms with Crippen molar-refractivity contribution >= 4 is 14.5 Å². The maximum Gasteiger partial charge on any atom is 0.499 e. The maximum atomic E-state index is 11.5. The fourth-order valence-electron chi connectivity index (χ4n) is 1.97. The molecule has 2 aromatic carbocycles. The zero-order valence-corrected chi connectivity index (χ0v) is 14.1. The molecule has 0 radical (unpaired) electrons. The van der Waals surface area contributed by atoms with Gasteiger partial charge in [0.15, 0.2) is 6.23 Å². The van der Waals surface area contributed by atoms with E-state index < -0.39 is 14.5 Å². The van der Waals surface area contributed by atoms with Crippen molar-refractivity contribution in [2.75, 3.05) is 6.23 Å². The number of carbonyl (C=O) groups is 1. The molecule has 0 bridgehead atoms. The molecule has 5 heteroatoms. The van der Waals surface area contributed by atoms with Gasteiger partial charge in [0.2, 0.25) is 0 Å².